The van der Waals surface area contributed by atoms with Crippen LogP contribution in [0.3, 0.4) is 0 Å². The molecule has 80 valence electrons. The molecule has 0 saturated heterocycles. The van der Waals surface area contributed by atoms with E-state index in [9.17, 15) is 0 Å². The van der Waals surface area contributed by atoms with Crippen LogP contribution < -0.4 is 0 Å². The minimum absolute atomic E-state index is 0.103. The number of rotatable bonds is 2. The molecular weight excluding hydrogens is 231 g/mol. The fourth-order valence-corrected chi connectivity index (χ4v) is 2.22. The number of aromatic nitrogens is 2. The van der Waals surface area contributed by atoms with Crippen molar-refractivity contribution in [2.45, 2.75) is 25.8 Å². The predicted molar refractivity (Wildman–Crippen MR) is 64.7 cm³/mol. The van der Waals surface area contributed by atoms with Crippen LogP contribution in [0.2, 0.25) is 5.02 Å². The lowest BCUT2D eigenvalue weighted by Crippen LogP contribution is -2.02. The highest BCUT2D eigenvalue weighted by atomic mass is 35.5. The molecule has 2 rings (SSSR count). The van der Waals surface area contributed by atoms with Gasteiger partial charge in [-0.2, -0.15) is 0 Å². The Bertz CT molecular complexity index is 489. The second-order valence-corrected chi connectivity index (χ2v) is 4.50. The number of fused-ring (bicyclic) bond motifs is 1. The second kappa shape index (κ2) is 4.03. The molecule has 1 heterocycles. The van der Waals surface area contributed by atoms with Gasteiger partial charge in [-0.1, -0.05) is 17.7 Å². The third kappa shape index (κ3) is 1.72. The number of para-hydroxylation sites is 1. The van der Waals surface area contributed by atoms with Crippen LogP contribution in [0.15, 0.2) is 18.2 Å². The third-order valence-corrected chi connectivity index (χ3v) is 2.92. The fraction of sp³-hybridized carbons (Fsp3) is 0.364. The van der Waals surface area contributed by atoms with Crippen LogP contribution in [0.1, 0.15) is 25.0 Å². The summed E-state index contributed by atoms with van der Waals surface area (Å²) in [5.41, 5.74) is 1.89. The first kappa shape index (κ1) is 10.8. The Kier molecular flexibility index (Phi) is 2.89. The van der Waals surface area contributed by atoms with Gasteiger partial charge in [0, 0.05) is 6.54 Å². The van der Waals surface area contributed by atoms with Gasteiger partial charge in [-0.05, 0) is 26.0 Å². The monoisotopic (exact) mass is 242 g/mol. The molecule has 0 unspecified atom stereocenters. The van der Waals surface area contributed by atoms with Crippen molar-refractivity contribution in [2.24, 2.45) is 0 Å². The summed E-state index contributed by atoms with van der Waals surface area (Å²) < 4.78 is 2.06. The van der Waals surface area contributed by atoms with Crippen molar-refractivity contribution in [1.82, 2.24) is 9.55 Å². The van der Waals surface area contributed by atoms with Gasteiger partial charge in [0.1, 0.15) is 5.82 Å². The Balaban J connectivity index is 2.80. The van der Waals surface area contributed by atoms with Gasteiger partial charge in [0.15, 0.2) is 0 Å². The molecule has 1 atom stereocenters. The molecule has 2 aromatic rings. The summed E-state index contributed by atoms with van der Waals surface area (Å²) in [6.45, 7) is 4.81. The lowest BCUT2D eigenvalue weighted by molar-refractivity contribution is 0.717. The molecule has 0 aliphatic heterocycles. The van der Waals surface area contributed by atoms with E-state index in [4.69, 9.17) is 23.2 Å². The van der Waals surface area contributed by atoms with Crippen molar-refractivity contribution < 1.29 is 0 Å². The van der Waals surface area contributed by atoms with E-state index in [1.54, 1.807) is 0 Å². The molecule has 0 aliphatic rings. The molecule has 4 heteroatoms. The maximum absolute atomic E-state index is 6.16. The number of nitrogens with zero attached hydrogens (tertiary/aromatic N) is 2. The first-order chi connectivity index (χ1) is 7.15. The van der Waals surface area contributed by atoms with Gasteiger partial charge in [-0.3, -0.25) is 0 Å². The largest absolute Gasteiger partial charge is 0.326 e. The number of alkyl halides is 1. The quantitative estimate of drug-likeness (QED) is 0.728. The lowest BCUT2D eigenvalue weighted by Gasteiger charge is -2.07. The standard InChI is InChI=1S/C11H12Cl2N2/c1-3-15-10-8(13)5-4-6-9(10)14-11(15)7(2)12/h4-7H,3H2,1-2H3/t7-/m1/s1. The van der Waals surface area contributed by atoms with Gasteiger partial charge < -0.3 is 4.57 Å². The van der Waals surface area contributed by atoms with Crippen molar-refractivity contribution in [3.05, 3.63) is 29.0 Å². The van der Waals surface area contributed by atoms with Gasteiger partial charge >= 0.3 is 0 Å². The van der Waals surface area contributed by atoms with Crippen molar-refractivity contribution in [2.75, 3.05) is 0 Å². The molecule has 1 aromatic carbocycles. The summed E-state index contributed by atoms with van der Waals surface area (Å²) >= 11 is 12.2. The maximum atomic E-state index is 6.16. The van der Waals surface area contributed by atoms with Crippen molar-refractivity contribution >= 4 is 34.2 Å². The summed E-state index contributed by atoms with van der Waals surface area (Å²) in [6.07, 6.45) is 0. The maximum Gasteiger partial charge on any atom is 0.127 e. The molecule has 2 nitrogen and oxygen atoms in total. The van der Waals surface area contributed by atoms with Crippen LogP contribution in [-0.2, 0) is 6.54 Å². The number of aryl methyl sites for hydroxylation is 1. The van der Waals surface area contributed by atoms with E-state index in [-0.39, 0.29) is 5.38 Å². The molecule has 15 heavy (non-hydrogen) atoms. The van der Waals surface area contributed by atoms with Crippen molar-refractivity contribution in [3.8, 4) is 0 Å². The molecule has 0 spiro atoms. The summed E-state index contributed by atoms with van der Waals surface area (Å²) in [5, 5.41) is 0.624. The number of hydrogen-bond donors (Lipinski definition) is 0. The number of benzene rings is 1. The molecule has 0 fully saturated rings. The molecule has 0 N–H and O–H groups in total. The zero-order valence-corrected chi connectivity index (χ0v) is 10.2. The summed E-state index contributed by atoms with van der Waals surface area (Å²) in [5.74, 6) is 0.877. The minimum atomic E-state index is -0.103. The molecule has 1 aromatic heterocycles. The van der Waals surface area contributed by atoms with Gasteiger partial charge in [0.25, 0.3) is 0 Å². The summed E-state index contributed by atoms with van der Waals surface area (Å²) in [6, 6.07) is 5.73. The van der Waals surface area contributed by atoms with Crippen LogP contribution in [-0.4, -0.2) is 9.55 Å². The average Bonchev–Trinajstić information content (AvgIpc) is 2.57. The van der Waals surface area contributed by atoms with Crippen LogP contribution >= 0.6 is 23.2 Å². The number of halogens is 2. The summed E-state index contributed by atoms with van der Waals surface area (Å²) in [7, 11) is 0. The van der Waals surface area contributed by atoms with Crippen LogP contribution in [0.25, 0.3) is 11.0 Å². The Morgan fingerprint density at radius 2 is 2.20 bits per heavy atom. The topological polar surface area (TPSA) is 17.8 Å². The predicted octanol–water partition coefficient (Wildman–Crippen LogP) is 4.01. The van der Waals surface area contributed by atoms with Gasteiger partial charge in [0.05, 0.1) is 21.4 Å². The van der Waals surface area contributed by atoms with Crippen molar-refractivity contribution in [1.29, 1.82) is 0 Å². The molecule has 0 radical (unpaired) electrons. The first-order valence-corrected chi connectivity index (χ1v) is 5.75. The van der Waals surface area contributed by atoms with Crippen LogP contribution in [0.4, 0.5) is 0 Å². The van der Waals surface area contributed by atoms with Crippen LogP contribution in [0, 0.1) is 0 Å². The number of imidazole rings is 1. The fourth-order valence-electron chi connectivity index (χ4n) is 1.78. The second-order valence-electron chi connectivity index (χ2n) is 3.44. The molecule has 0 aliphatic carbocycles. The molecule has 0 saturated carbocycles. The van der Waals surface area contributed by atoms with E-state index in [1.165, 1.54) is 0 Å². The lowest BCUT2D eigenvalue weighted by atomic mass is 10.3. The van der Waals surface area contributed by atoms with E-state index >= 15 is 0 Å². The Hall–Kier alpha value is -0.730. The molecule has 0 amide bonds. The highest BCUT2D eigenvalue weighted by Crippen LogP contribution is 2.28. The van der Waals surface area contributed by atoms with Crippen molar-refractivity contribution in [3.63, 3.8) is 0 Å². The highest BCUT2D eigenvalue weighted by Gasteiger charge is 2.15. The normalized spacial score (nSPS) is 13.3. The van der Waals surface area contributed by atoms with Gasteiger partial charge in [-0.25, -0.2) is 4.98 Å². The minimum Gasteiger partial charge on any atom is -0.326 e. The van der Waals surface area contributed by atoms with Gasteiger partial charge in [0.2, 0.25) is 0 Å². The molecule has 0 bridgehead atoms. The third-order valence-electron chi connectivity index (χ3n) is 2.42. The number of hydrogen-bond acceptors (Lipinski definition) is 1. The van der Waals surface area contributed by atoms with Gasteiger partial charge in [-0.15, -0.1) is 11.6 Å². The van der Waals surface area contributed by atoms with E-state index < -0.39 is 0 Å². The zero-order valence-electron chi connectivity index (χ0n) is 8.67. The smallest absolute Gasteiger partial charge is 0.127 e. The Labute approximate surface area is 98.8 Å². The first-order valence-electron chi connectivity index (χ1n) is 4.94. The zero-order chi connectivity index (χ0) is 11.0. The Morgan fingerprint density at radius 3 is 2.80 bits per heavy atom. The van der Waals surface area contributed by atoms with E-state index in [0.717, 1.165) is 28.4 Å². The molecular formula is C11H12Cl2N2. The summed E-state index contributed by atoms with van der Waals surface area (Å²) in [4.78, 5) is 4.49. The Morgan fingerprint density at radius 1 is 1.47 bits per heavy atom. The highest BCUT2D eigenvalue weighted by molar-refractivity contribution is 6.35. The van der Waals surface area contributed by atoms with Crippen LogP contribution in [0.5, 0.6) is 0 Å². The van der Waals surface area contributed by atoms with E-state index in [1.807, 2.05) is 25.1 Å². The average molecular weight is 243 g/mol. The van der Waals surface area contributed by atoms with E-state index in [0.29, 0.717) is 0 Å². The SMILES string of the molecule is CCn1c([C@@H](C)Cl)nc2cccc(Cl)c21. The van der Waals surface area contributed by atoms with E-state index in [2.05, 4.69) is 16.5 Å².